The van der Waals surface area contributed by atoms with E-state index in [-0.39, 0.29) is 5.69 Å². The first kappa shape index (κ1) is 25.0. The first-order chi connectivity index (χ1) is 20.0. The van der Waals surface area contributed by atoms with Gasteiger partial charge in [-0.2, -0.15) is 0 Å². The first-order valence-corrected chi connectivity index (χ1v) is 13.5. The number of ether oxygens (including phenoxy) is 1. The van der Waals surface area contributed by atoms with Crippen molar-refractivity contribution in [2.45, 2.75) is 18.2 Å². The van der Waals surface area contributed by atoms with Gasteiger partial charge in [-0.15, -0.1) is 0 Å². The van der Waals surface area contributed by atoms with Gasteiger partial charge in [-0.3, -0.25) is 9.59 Å². The Hall–Kier alpha value is -5.04. The molecule has 0 N–H and O–H groups in total. The third kappa shape index (κ3) is 3.96. The Morgan fingerprint density at radius 2 is 1.32 bits per heavy atom. The van der Waals surface area contributed by atoms with E-state index in [1.54, 1.807) is 17.2 Å². The van der Waals surface area contributed by atoms with Gasteiger partial charge in [0.2, 0.25) is 11.8 Å². The topological polar surface area (TPSA) is 66.9 Å². The number of para-hydroxylation sites is 1. The van der Waals surface area contributed by atoms with Crippen molar-refractivity contribution in [1.29, 1.82) is 0 Å². The standard InChI is InChI=1S/C34H25FN2O4/c35-25-17-9-10-18-26(25)37-32(38)27-28(33(37)39)30(36-20-19-21-11-7-8-16-24(21)29(27)36)34(40)41-31(22-12-3-1-4-13-22)23-14-5-2-6-15-23/h1-20,27-31H/t27-,28+,29-,30-/m0/s1. The molecule has 0 radical (unpaired) electrons. The Morgan fingerprint density at radius 3 is 2.00 bits per heavy atom. The van der Waals surface area contributed by atoms with Crippen LogP contribution in [0.4, 0.5) is 10.1 Å². The fraction of sp³-hybridized carbons (Fsp3) is 0.147. The van der Waals surface area contributed by atoms with Crippen LogP contribution >= 0.6 is 0 Å². The lowest BCUT2D eigenvalue weighted by Crippen LogP contribution is -2.45. The van der Waals surface area contributed by atoms with E-state index in [0.717, 1.165) is 27.2 Å². The van der Waals surface area contributed by atoms with E-state index in [0.29, 0.717) is 0 Å². The number of imide groups is 1. The normalized spacial score (nSPS) is 22.5. The van der Waals surface area contributed by atoms with Crippen molar-refractivity contribution in [1.82, 2.24) is 4.90 Å². The van der Waals surface area contributed by atoms with Crippen LogP contribution in [0.25, 0.3) is 6.08 Å². The number of amides is 2. The number of anilines is 1. The molecule has 41 heavy (non-hydrogen) atoms. The number of fused-ring (bicyclic) bond motifs is 5. The second-order valence-corrected chi connectivity index (χ2v) is 10.4. The molecule has 2 saturated heterocycles. The molecule has 0 aliphatic carbocycles. The molecule has 2 amide bonds. The van der Waals surface area contributed by atoms with Crippen molar-refractivity contribution in [2.75, 3.05) is 4.90 Å². The van der Waals surface area contributed by atoms with E-state index in [4.69, 9.17) is 4.74 Å². The number of hydrogen-bond donors (Lipinski definition) is 0. The predicted molar refractivity (Wildman–Crippen MR) is 151 cm³/mol. The number of halogens is 1. The van der Waals surface area contributed by atoms with Crippen molar-refractivity contribution in [3.63, 3.8) is 0 Å². The molecule has 4 aromatic carbocycles. The van der Waals surface area contributed by atoms with Crippen molar-refractivity contribution >= 4 is 29.5 Å². The van der Waals surface area contributed by atoms with Gasteiger partial charge in [-0.05, 0) is 40.5 Å². The van der Waals surface area contributed by atoms with Gasteiger partial charge < -0.3 is 9.64 Å². The average molecular weight is 545 g/mol. The highest BCUT2D eigenvalue weighted by Crippen LogP contribution is 2.53. The van der Waals surface area contributed by atoms with E-state index >= 15 is 0 Å². The Kier molecular flexibility index (Phi) is 6.00. The van der Waals surface area contributed by atoms with Crippen LogP contribution in [0.15, 0.2) is 115 Å². The van der Waals surface area contributed by atoms with Crippen molar-refractivity contribution in [3.05, 3.63) is 143 Å². The minimum atomic E-state index is -1.09. The lowest BCUT2D eigenvalue weighted by atomic mass is 9.84. The van der Waals surface area contributed by atoms with Gasteiger partial charge in [-0.25, -0.2) is 14.1 Å². The van der Waals surface area contributed by atoms with E-state index in [9.17, 15) is 18.8 Å². The summed E-state index contributed by atoms with van der Waals surface area (Å²) < 4.78 is 21.1. The van der Waals surface area contributed by atoms with Gasteiger partial charge in [0, 0.05) is 6.20 Å². The van der Waals surface area contributed by atoms with E-state index in [2.05, 4.69) is 0 Å². The van der Waals surface area contributed by atoms with Crippen LogP contribution in [-0.4, -0.2) is 28.7 Å². The number of nitrogens with zero attached hydrogens (tertiary/aromatic N) is 2. The molecule has 4 aromatic rings. The van der Waals surface area contributed by atoms with Crippen LogP contribution in [0.2, 0.25) is 0 Å². The molecule has 202 valence electrons. The Morgan fingerprint density at radius 1 is 0.732 bits per heavy atom. The van der Waals surface area contributed by atoms with E-state index in [1.165, 1.54) is 18.2 Å². The summed E-state index contributed by atoms with van der Waals surface area (Å²) in [5.74, 6) is -4.38. The number of esters is 1. The average Bonchev–Trinajstić information content (AvgIpc) is 3.49. The van der Waals surface area contributed by atoms with Crippen molar-refractivity contribution in [2.24, 2.45) is 11.8 Å². The zero-order valence-corrected chi connectivity index (χ0v) is 21.8. The number of carbonyl (C=O) groups is 3. The lowest BCUT2D eigenvalue weighted by molar-refractivity contribution is -0.155. The third-order valence-electron chi connectivity index (χ3n) is 8.24. The summed E-state index contributed by atoms with van der Waals surface area (Å²) in [6.07, 6.45) is 2.92. The van der Waals surface area contributed by atoms with Gasteiger partial charge in [0.1, 0.15) is 11.9 Å². The Bertz CT molecular complexity index is 1650. The van der Waals surface area contributed by atoms with E-state index < -0.39 is 53.6 Å². The van der Waals surface area contributed by atoms with Gasteiger partial charge in [0.05, 0.1) is 23.6 Å². The zero-order valence-electron chi connectivity index (χ0n) is 21.8. The van der Waals surface area contributed by atoms with Crippen LogP contribution in [0, 0.1) is 17.7 Å². The second kappa shape index (κ2) is 9.86. The highest BCUT2D eigenvalue weighted by Gasteiger charge is 2.65. The highest BCUT2D eigenvalue weighted by molar-refractivity contribution is 6.24. The van der Waals surface area contributed by atoms with E-state index in [1.807, 2.05) is 91.0 Å². The zero-order chi connectivity index (χ0) is 28.1. The molecular formula is C34H25FN2O4. The number of carbonyl (C=O) groups excluding carboxylic acids is 3. The van der Waals surface area contributed by atoms with Crippen LogP contribution in [0.1, 0.15) is 34.4 Å². The van der Waals surface area contributed by atoms with Gasteiger partial charge in [0.25, 0.3) is 0 Å². The maximum atomic E-state index is 14.9. The second-order valence-electron chi connectivity index (χ2n) is 10.4. The van der Waals surface area contributed by atoms with Crippen molar-refractivity contribution in [3.8, 4) is 0 Å². The molecule has 4 atom stereocenters. The van der Waals surface area contributed by atoms with Crippen LogP contribution in [0.5, 0.6) is 0 Å². The molecule has 3 aliphatic rings. The molecule has 0 saturated carbocycles. The molecule has 2 fully saturated rings. The maximum Gasteiger partial charge on any atom is 0.330 e. The Labute approximate surface area is 236 Å². The summed E-state index contributed by atoms with van der Waals surface area (Å²) >= 11 is 0. The largest absolute Gasteiger partial charge is 0.451 e. The SMILES string of the molecule is O=C(OC(c1ccccc1)c1ccccc1)[C@@H]1[C@@H]2C(=O)N(c3ccccc3F)C(=O)[C@@H]2[C@@H]2c3ccccc3C=CN12. The molecule has 7 heteroatoms. The number of hydrogen-bond acceptors (Lipinski definition) is 5. The summed E-state index contributed by atoms with van der Waals surface area (Å²) in [4.78, 5) is 44.9. The summed E-state index contributed by atoms with van der Waals surface area (Å²) in [7, 11) is 0. The molecule has 3 heterocycles. The first-order valence-electron chi connectivity index (χ1n) is 13.5. The summed E-state index contributed by atoms with van der Waals surface area (Å²) in [5.41, 5.74) is 3.18. The predicted octanol–water partition coefficient (Wildman–Crippen LogP) is 5.67. The molecule has 0 aromatic heterocycles. The molecule has 0 unspecified atom stereocenters. The molecule has 6 nitrogen and oxygen atoms in total. The molecule has 7 rings (SSSR count). The van der Waals surface area contributed by atoms with Gasteiger partial charge >= 0.3 is 5.97 Å². The highest BCUT2D eigenvalue weighted by atomic mass is 19.1. The van der Waals surface area contributed by atoms with Crippen LogP contribution in [0.3, 0.4) is 0 Å². The minimum Gasteiger partial charge on any atom is -0.451 e. The lowest BCUT2D eigenvalue weighted by Gasteiger charge is -2.35. The minimum absolute atomic E-state index is 0.110. The summed E-state index contributed by atoms with van der Waals surface area (Å²) in [6.45, 7) is 0. The summed E-state index contributed by atoms with van der Waals surface area (Å²) in [6, 6.07) is 30.4. The maximum absolute atomic E-state index is 14.9. The monoisotopic (exact) mass is 544 g/mol. The molecule has 0 bridgehead atoms. The smallest absolute Gasteiger partial charge is 0.330 e. The van der Waals surface area contributed by atoms with Crippen LogP contribution < -0.4 is 4.90 Å². The molecular weight excluding hydrogens is 519 g/mol. The van der Waals surface area contributed by atoms with Gasteiger partial charge in [-0.1, -0.05) is 97.1 Å². The Balaban J connectivity index is 1.32. The number of benzene rings is 4. The van der Waals surface area contributed by atoms with Crippen LogP contribution in [-0.2, 0) is 19.1 Å². The van der Waals surface area contributed by atoms with Crippen molar-refractivity contribution < 1.29 is 23.5 Å². The fourth-order valence-corrected chi connectivity index (χ4v) is 6.47. The van der Waals surface area contributed by atoms with Gasteiger partial charge in [0.15, 0.2) is 6.10 Å². The number of rotatable bonds is 5. The fourth-order valence-electron chi connectivity index (χ4n) is 6.47. The quantitative estimate of drug-likeness (QED) is 0.239. The third-order valence-corrected chi connectivity index (χ3v) is 8.24. The molecule has 3 aliphatic heterocycles. The summed E-state index contributed by atoms with van der Waals surface area (Å²) in [5, 5.41) is 0. The molecule has 0 spiro atoms.